The average Bonchev–Trinajstić information content (AvgIpc) is 2.26. The lowest BCUT2D eigenvalue weighted by Crippen LogP contribution is -2.29. The fraction of sp³-hybridized carbons (Fsp3) is 0.600. The summed E-state index contributed by atoms with van der Waals surface area (Å²) >= 11 is 7.12. The minimum atomic E-state index is 0.151. The van der Waals surface area contributed by atoms with Crippen molar-refractivity contribution in [2.75, 3.05) is 0 Å². The predicted molar refractivity (Wildman–Crippen MR) is 84.4 cm³/mol. The Kier molecular flexibility index (Phi) is 4.90. The Hall–Kier alpha value is 0.140. The molecule has 2 rings (SSSR count). The topological polar surface area (TPSA) is 26.0 Å². The maximum Gasteiger partial charge on any atom is 0.0334 e. The van der Waals surface area contributed by atoms with Gasteiger partial charge in [0, 0.05) is 15.0 Å². The molecule has 0 heterocycles. The van der Waals surface area contributed by atoms with Crippen LogP contribution in [0, 0.1) is 17.8 Å². The zero-order valence-electron chi connectivity index (χ0n) is 11.0. The van der Waals surface area contributed by atoms with Crippen molar-refractivity contribution < 1.29 is 0 Å². The summed E-state index contributed by atoms with van der Waals surface area (Å²) in [5.74, 6) is 2.22. The Morgan fingerprint density at radius 3 is 2.28 bits per heavy atom. The maximum atomic E-state index is 6.50. The molecular weight excluding hydrogens is 354 g/mol. The van der Waals surface area contributed by atoms with Crippen molar-refractivity contribution in [1.29, 1.82) is 0 Å². The summed E-state index contributed by atoms with van der Waals surface area (Å²) in [6.45, 7) is 4.71. The maximum absolute atomic E-state index is 6.50. The van der Waals surface area contributed by atoms with E-state index < -0.39 is 0 Å². The lowest BCUT2D eigenvalue weighted by molar-refractivity contribution is 0.193. The molecule has 0 aromatic heterocycles. The van der Waals surface area contributed by atoms with Gasteiger partial charge in [-0.25, -0.2) is 0 Å². The van der Waals surface area contributed by atoms with Gasteiger partial charge in [0.05, 0.1) is 0 Å². The molecule has 1 aromatic rings. The molecule has 0 spiro atoms. The number of nitrogens with two attached hydrogens (primary N) is 1. The van der Waals surface area contributed by atoms with Gasteiger partial charge in [0.15, 0.2) is 0 Å². The van der Waals surface area contributed by atoms with Crippen LogP contribution >= 0.6 is 31.9 Å². The van der Waals surface area contributed by atoms with Gasteiger partial charge in [-0.2, -0.15) is 0 Å². The SMILES string of the molecule is CC1CC(C)CC(C(N)c2ccc(Br)cc2Br)C1. The quantitative estimate of drug-likeness (QED) is 0.748. The molecular formula is C15H21Br2N. The van der Waals surface area contributed by atoms with E-state index in [0.717, 1.165) is 20.8 Å². The van der Waals surface area contributed by atoms with Gasteiger partial charge in [-0.15, -0.1) is 0 Å². The lowest BCUT2D eigenvalue weighted by atomic mass is 9.73. The van der Waals surface area contributed by atoms with Crippen LogP contribution in [0.1, 0.15) is 44.7 Å². The van der Waals surface area contributed by atoms with E-state index in [1.165, 1.54) is 24.8 Å². The van der Waals surface area contributed by atoms with Crippen LogP contribution in [0.4, 0.5) is 0 Å². The second-order valence-corrected chi connectivity index (χ2v) is 7.64. The van der Waals surface area contributed by atoms with E-state index in [0.29, 0.717) is 5.92 Å². The van der Waals surface area contributed by atoms with Crippen molar-refractivity contribution in [3.05, 3.63) is 32.7 Å². The molecule has 3 unspecified atom stereocenters. The minimum absolute atomic E-state index is 0.151. The summed E-state index contributed by atoms with van der Waals surface area (Å²) < 4.78 is 2.21. The van der Waals surface area contributed by atoms with Crippen LogP contribution in [0.25, 0.3) is 0 Å². The summed E-state index contributed by atoms with van der Waals surface area (Å²) in [6, 6.07) is 6.46. The number of hydrogen-bond acceptors (Lipinski definition) is 1. The number of benzene rings is 1. The van der Waals surface area contributed by atoms with E-state index in [4.69, 9.17) is 5.73 Å². The fourth-order valence-corrected chi connectivity index (χ4v) is 4.64. The first kappa shape index (κ1) is 14.5. The van der Waals surface area contributed by atoms with Crippen LogP contribution in [0.15, 0.2) is 27.1 Å². The van der Waals surface area contributed by atoms with Crippen LogP contribution in [-0.4, -0.2) is 0 Å². The molecule has 0 radical (unpaired) electrons. The van der Waals surface area contributed by atoms with Crippen molar-refractivity contribution in [3.8, 4) is 0 Å². The van der Waals surface area contributed by atoms with Crippen LogP contribution < -0.4 is 5.73 Å². The van der Waals surface area contributed by atoms with E-state index in [1.807, 2.05) is 0 Å². The molecule has 100 valence electrons. The standard InChI is InChI=1S/C15H21Br2N/c1-9-5-10(2)7-11(6-9)15(18)13-4-3-12(16)8-14(13)17/h3-4,8-11,15H,5-7,18H2,1-2H3. The van der Waals surface area contributed by atoms with E-state index in [-0.39, 0.29) is 6.04 Å². The highest BCUT2D eigenvalue weighted by Gasteiger charge is 2.29. The van der Waals surface area contributed by atoms with Gasteiger partial charge in [0.1, 0.15) is 0 Å². The molecule has 18 heavy (non-hydrogen) atoms. The van der Waals surface area contributed by atoms with Crippen molar-refractivity contribution in [2.24, 2.45) is 23.5 Å². The molecule has 1 aliphatic carbocycles. The third-order valence-electron chi connectivity index (χ3n) is 4.04. The molecule has 1 fully saturated rings. The first-order chi connectivity index (χ1) is 8.47. The third-order valence-corrected chi connectivity index (χ3v) is 5.22. The Morgan fingerprint density at radius 2 is 1.72 bits per heavy atom. The van der Waals surface area contributed by atoms with Crippen LogP contribution in [0.5, 0.6) is 0 Å². The zero-order valence-corrected chi connectivity index (χ0v) is 14.2. The van der Waals surface area contributed by atoms with Crippen LogP contribution in [0.3, 0.4) is 0 Å². The number of halogens is 2. The number of rotatable bonds is 2. The van der Waals surface area contributed by atoms with Crippen molar-refractivity contribution in [1.82, 2.24) is 0 Å². The van der Waals surface area contributed by atoms with Crippen LogP contribution in [-0.2, 0) is 0 Å². The van der Waals surface area contributed by atoms with Gasteiger partial charge in [0.2, 0.25) is 0 Å². The van der Waals surface area contributed by atoms with E-state index >= 15 is 0 Å². The first-order valence-corrected chi connectivity index (χ1v) is 8.26. The monoisotopic (exact) mass is 373 g/mol. The van der Waals surface area contributed by atoms with E-state index in [2.05, 4.69) is 63.9 Å². The molecule has 0 saturated heterocycles. The highest BCUT2D eigenvalue weighted by molar-refractivity contribution is 9.11. The molecule has 1 aromatic carbocycles. The highest BCUT2D eigenvalue weighted by Crippen LogP contribution is 2.40. The molecule has 0 aliphatic heterocycles. The molecule has 3 atom stereocenters. The smallest absolute Gasteiger partial charge is 0.0334 e. The van der Waals surface area contributed by atoms with Gasteiger partial charge >= 0.3 is 0 Å². The summed E-state index contributed by atoms with van der Waals surface area (Å²) in [4.78, 5) is 0. The largest absolute Gasteiger partial charge is 0.324 e. The van der Waals surface area contributed by atoms with E-state index in [1.54, 1.807) is 0 Å². The molecule has 0 bridgehead atoms. The van der Waals surface area contributed by atoms with Gasteiger partial charge in [-0.05, 0) is 54.7 Å². The van der Waals surface area contributed by atoms with Crippen molar-refractivity contribution in [3.63, 3.8) is 0 Å². The van der Waals surface area contributed by atoms with Gasteiger partial charge in [-0.1, -0.05) is 51.8 Å². The van der Waals surface area contributed by atoms with Gasteiger partial charge < -0.3 is 5.73 Å². The molecule has 3 heteroatoms. The summed E-state index contributed by atoms with van der Waals surface area (Å²) in [5, 5.41) is 0. The van der Waals surface area contributed by atoms with Gasteiger partial charge in [0.25, 0.3) is 0 Å². The molecule has 1 aliphatic rings. The summed E-state index contributed by atoms with van der Waals surface area (Å²) in [7, 11) is 0. The molecule has 0 amide bonds. The minimum Gasteiger partial charge on any atom is -0.324 e. The second-order valence-electron chi connectivity index (χ2n) is 5.87. The predicted octanol–water partition coefficient (Wildman–Crippen LogP) is 5.28. The zero-order chi connectivity index (χ0) is 13.3. The van der Waals surface area contributed by atoms with Gasteiger partial charge in [-0.3, -0.25) is 0 Å². The van der Waals surface area contributed by atoms with Crippen LogP contribution in [0.2, 0.25) is 0 Å². The Bertz CT molecular complexity index is 409. The third kappa shape index (κ3) is 3.37. The average molecular weight is 375 g/mol. The highest BCUT2D eigenvalue weighted by atomic mass is 79.9. The first-order valence-electron chi connectivity index (χ1n) is 6.68. The molecule has 1 saturated carbocycles. The normalized spacial score (nSPS) is 30.2. The summed E-state index contributed by atoms with van der Waals surface area (Å²) in [6.07, 6.45) is 3.87. The van der Waals surface area contributed by atoms with E-state index in [9.17, 15) is 0 Å². The van der Waals surface area contributed by atoms with Crippen molar-refractivity contribution >= 4 is 31.9 Å². The molecule has 2 N–H and O–H groups in total. The second kappa shape index (κ2) is 6.06. The fourth-order valence-electron chi connectivity index (χ4n) is 3.33. The Labute approximate surface area is 127 Å². The summed E-state index contributed by atoms with van der Waals surface area (Å²) in [5.41, 5.74) is 7.74. The number of hydrogen-bond donors (Lipinski definition) is 1. The Morgan fingerprint density at radius 1 is 1.11 bits per heavy atom. The lowest BCUT2D eigenvalue weighted by Gasteiger charge is -2.35. The van der Waals surface area contributed by atoms with Crippen molar-refractivity contribution in [2.45, 2.75) is 39.2 Å². The Balaban J connectivity index is 2.17. The molecule has 1 nitrogen and oxygen atoms in total.